The van der Waals surface area contributed by atoms with Crippen LogP contribution >= 0.6 is 11.8 Å². The zero-order valence-corrected chi connectivity index (χ0v) is 18.4. The maximum absolute atomic E-state index is 13.3. The van der Waals surface area contributed by atoms with Gasteiger partial charge >= 0.3 is 0 Å². The van der Waals surface area contributed by atoms with E-state index in [0.717, 1.165) is 29.8 Å². The van der Waals surface area contributed by atoms with Crippen LogP contribution < -0.4 is 4.90 Å². The van der Waals surface area contributed by atoms with Gasteiger partial charge in [0.25, 0.3) is 0 Å². The molecule has 0 N–H and O–H groups in total. The third-order valence-electron chi connectivity index (χ3n) is 4.99. The minimum absolute atomic E-state index is 0.202. The van der Waals surface area contributed by atoms with Gasteiger partial charge in [0.15, 0.2) is 0 Å². The van der Waals surface area contributed by atoms with Crippen LogP contribution in [-0.4, -0.2) is 22.4 Å². The minimum atomic E-state index is 0.202. The Morgan fingerprint density at radius 1 is 0.964 bits per heavy atom. The van der Waals surface area contributed by atoms with Gasteiger partial charge < -0.3 is 4.90 Å². The predicted octanol–water partition coefficient (Wildman–Crippen LogP) is 6.05. The number of carbonyl (C=O) groups excluding carboxylic acids is 1. The molecule has 0 bridgehead atoms. The first kappa shape index (κ1) is 22.5. The molecular formula is C24H34N2OS. The Balaban J connectivity index is 2.19. The monoisotopic (exact) mass is 398 g/mol. The first-order valence-corrected chi connectivity index (χ1v) is 11.7. The van der Waals surface area contributed by atoms with Crippen LogP contribution in [0.1, 0.15) is 63.1 Å². The molecule has 2 rings (SSSR count). The van der Waals surface area contributed by atoms with Crippen LogP contribution in [0, 0.1) is 0 Å². The summed E-state index contributed by atoms with van der Waals surface area (Å²) in [6.45, 7) is 7.15. The van der Waals surface area contributed by atoms with Gasteiger partial charge in [0.05, 0.1) is 18.0 Å². The van der Waals surface area contributed by atoms with Crippen LogP contribution in [-0.2, 0) is 24.2 Å². The van der Waals surface area contributed by atoms with Gasteiger partial charge in [-0.25, -0.2) is 0 Å². The van der Waals surface area contributed by atoms with Crippen LogP contribution in [0.25, 0.3) is 0 Å². The highest BCUT2D eigenvalue weighted by atomic mass is 32.2. The van der Waals surface area contributed by atoms with Crippen molar-refractivity contribution in [1.29, 1.82) is 0 Å². The lowest BCUT2D eigenvalue weighted by molar-refractivity contribution is -0.116. The second kappa shape index (κ2) is 12.6. The molecule has 0 saturated heterocycles. The molecule has 1 aromatic carbocycles. The van der Waals surface area contributed by atoms with Gasteiger partial charge in [-0.3, -0.25) is 9.78 Å². The van der Waals surface area contributed by atoms with Gasteiger partial charge in [-0.05, 0) is 53.8 Å². The molecule has 0 spiro atoms. The molecular weight excluding hydrogens is 364 g/mol. The fourth-order valence-electron chi connectivity index (χ4n) is 3.39. The molecule has 1 aromatic heterocycles. The van der Waals surface area contributed by atoms with E-state index >= 15 is 0 Å². The number of unbranched alkanes of at least 4 members (excludes halogenated alkanes) is 3. The Hall–Kier alpha value is -1.81. The number of nitrogens with zero attached hydrogens (tertiary/aromatic N) is 2. The molecule has 0 aliphatic rings. The summed E-state index contributed by atoms with van der Waals surface area (Å²) >= 11 is 1.77. The normalized spacial score (nSPS) is 10.8. The predicted molar refractivity (Wildman–Crippen MR) is 122 cm³/mol. The van der Waals surface area contributed by atoms with Crippen molar-refractivity contribution in [3.8, 4) is 0 Å². The van der Waals surface area contributed by atoms with Crippen molar-refractivity contribution in [2.24, 2.45) is 0 Å². The molecule has 28 heavy (non-hydrogen) atoms. The average Bonchev–Trinajstić information content (AvgIpc) is 2.74. The van der Waals surface area contributed by atoms with Gasteiger partial charge in [-0.1, -0.05) is 58.2 Å². The van der Waals surface area contributed by atoms with Gasteiger partial charge in [0.1, 0.15) is 0 Å². The number of aryl methyl sites for hydroxylation is 2. The maximum Gasteiger partial charge on any atom is 0.237 e. The van der Waals surface area contributed by atoms with Crippen molar-refractivity contribution in [1.82, 2.24) is 4.98 Å². The zero-order chi connectivity index (χ0) is 20.2. The zero-order valence-electron chi connectivity index (χ0n) is 17.6. The Labute approximate surface area is 174 Å². The topological polar surface area (TPSA) is 33.2 Å². The van der Waals surface area contributed by atoms with E-state index in [1.165, 1.54) is 36.8 Å². The summed E-state index contributed by atoms with van der Waals surface area (Å²) in [7, 11) is 0. The number of benzene rings is 1. The summed E-state index contributed by atoms with van der Waals surface area (Å²) in [6.07, 6.45) is 10.4. The SMILES string of the molecule is CCCCCCSCC(=O)N(Cc1ccncc1)c1c(CC)cccc1CC. The van der Waals surface area contributed by atoms with E-state index in [1.807, 2.05) is 17.0 Å². The summed E-state index contributed by atoms with van der Waals surface area (Å²) in [5.41, 5.74) is 4.72. The molecule has 0 atom stereocenters. The molecule has 0 aliphatic heterocycles. The summed E-state index contributed by atoms with van der Waals surface area (Å²) in [5.74, 6) is 1.80. The third kappa shape index (κ3) is 6.66. The van der Waals surface area contributed by atoms with Gasteiger partial charge in [0.2, 0.25) is 5.91 Å². The van der Waals surface area contributed by atoms with Crippen molar-refractivity contribution >= 4 is 23.4 Å². The fourth-order valence-corrected chi connectivity index (χ4v) is 4.28. The number of hydrogen-bond acceptors (Lipinski definition) is 3. The number of pyridine rings is 1. The Morgan fingerprint density at radius 3 is 2.25 bits per heavy atom. The van der Waals surface area contributed by atoms with E-state index in [1.54, 1.807) is 24.2 Å². The van der Waals surface area contributed by atoms with Crippen LogP contribution in [0.2, 0.25) is 0 Å². The molecule has 0 unspecified atom stereocenters. The molecule has 1 amide bonds. The first-order chi connectivity index (χ1) is 13.7. The number of rotatable bonds is 12. The van der Waals surface area contributed by atoms with Crippen LogP contribution in [0.5, 0.6) is 0 Å². The lowest BCUT2D eigenvalue weighted by Crippen LogP contribution is -2.33. The molecule has 2 aromatic rings. The average molecular weight is 399 g/mol. The van der Waals surface area contributed by atoms with Crippen LogP contribution in [0.3, 0.4) is 0 Å². The standard InChI is InChI=1S/C24H34N2OS/c1-4-7-8-9-17-28-19-23(27)26(18-20-13-15-25-16-14-20)24-21(5-2)11-10-12-22(24)6-3/h10-16H,4-9,17-19H2,1-3H3. The first-order valence-electron chi connectivity index (χ1n) is 10.6. The lowest BCUT2D eigenvalue weighted by Gasteiger charge is -2.28. The fraction of sp³-hybridized carbons (Fsp3) is 0.500. The highest BCUT2D eigenvalue weighted by Crippen LogP contribution is 2.29. The van der Waals surface area contributed by atoms with E-state index in [0.29, 0.717) is 12.3 Å². The lowest BCUT2D eigenvalue weighted by atomic mass is 10.0. The van der Waals surface area contributed by atoms with Crippen molar-refractivity contribution in [2.75, 3.05) is 16.4 Å². The van der Waals surface area contributed by atoms with Gasteiger partial charge in [-0.2, -0.15) is 11.8 Å². The van der Waals surface area contributed by atoms with E-state index in [-0.39, 0.29) is 5.91 Å². The largest absolute Gasteiger partial charge is 0.307 e. The molecule has 0 aliphatic carbocycles. The van der Waals surface area contributed by atoms with Crippen LogP contribution in [0.15, 0.2) is 42.7 Å². The highest BCUT2D eigenvalue weighted by Gasteiger charge is 2.21. The Bertz CT molecular complexity index is 696. The summed E-state index contributed by atoms with van der Waals surface area (Å²) in [4.78, 5) is 19.4. The van der Waals surface area contributed by atoms with Crippen molar-refractivity contribution in [3.05, 3.63) is 59.4 Å². The Morgan fingerprint density at radius 2 is 1.64 bits per heavy atom. The summed E-state index contributed by atoms with van der Waals surface area (Å²) in [6, 6.07) is 10.4. The second-order valence-corrected chi connectivity index (χ2v) is 8.19. The number of amides is 1. The smallest absolute Gasteiger partial charge is 0.237 e. The van der Waals surface area contributed by atoms with Crippen molar-refractivity contribution < 1.29 is 4.79 Å². The molecule has 0 fully saturated rings. The quantitative estimate of drug-likeness (QED) is 0.408. The van der Waals surface area contributed by atoms with Gasteiger partial charge in [-0.15, -0.1) is 0 Å². The third-order valence-corrected chi connectivity index (χ3v) is 6.02. The second-order valence-electron chi connectivity index (χ2n) is 7.08. The molecule has 0 radical (unpaired) electrons. The van der Waals surface area contributed by atoms with Crippen molar-refractivity contribution in [2.45, 2.75) is 65.8 Å². The number of carbonyl (C=O) groups is 1. The highest BCUT2D eigenvalue weighted by molar-refractivity contribution is 7.99. The summed E-state index contributed by atoms with van der Waals surface area (Å²) in [5, 5.41) is 0. The maximum atomic E-state index is 13.3. The number of hydrogen-bond donors (Lipinski definition) is 0. The molecule has 152 valence electrons. The number of aromatic nitrogens is 1. The van der Waals surface area contributed by atoms with E-state index in [2.05, 4.69) is 44.0 Å². The molecule has 0 saturated carbocycles. The summed E-state index contributed by atoms with van der Waals surface area (Å²) < 4.78 is 0. The van der Waals surface area contributed by atoms with E-state index in [4.69, 9.17) is 0 Å². The van der Waals surface area contributed by atoms with Gasteiger partial charge in [0, 0.05) is 12.4 Å². The number of anilines is 1. The Kier molecular flexibility index (Phi) is 10.1. The molecule has 1 heterocycles. The van der Waals surface area contributed by atoms with Crippen molar-refractivity contribution in [3.63, 3.8) is 0 Å². The number of thioether (sulfide) groups is 1. The molecule has 3 nitrogen and oxygen atoms in total. The number of para-hydroxylation sites is 1. The van der Waals surface area contributed by atoms with E-state index < -0.39 is 0 Å². The molecule has 4 heteroatoms. The van der Waals surface area contributed by atoms with Crippen LogP contribution in [0.4, 0.5) is 5.69 Å². The minimum Gasteiger partial charge on any atom is -0.307 e. The van der Waals surface area contributed by atoms with E-state index in [9.17, 15) is 4.79 Å².